The molecule has 190 valence electrons. The SMILES string of the molecule is Cc1nn(-c2ccccc2)c2c1C(c1ccco1)c1c(ncn3nc(CSc4nc5ccccc5o4)nc13)O2. The molecule has 10 nitrogen and oxygen atoms in total. The summed E-state index contributed by atoms with van der Waals surface area (Å²) in [6, 6.07) is 21.4. The number of oxazole rings is 1. The Hall–Kier alpha value is -4.90. The summed E-state index contributed by atoms with van der Waals surface area (Å²) >= 11 is 1.44. The average Bonchev–Trinajstić information content (AvgIpc) is 3.77. The molecule has 0 saturated heterocycles. The van der Waals surface area contributed by atoms with E-state index in [1.165, 1.54) is 11.8 Å². The van der Waals surface area contributed by atoms with Crippen molar-refractivity contribution in [2.45, 2.75) is 23.8 Å². The topological polar surface area (TPSA) is 109 Å². The van der Waals surface area contributed by atoms with E-state index < -0.39 is 0 Å². The van der Waals surface area contributed by atoms with E-state index in [0.29, 0.717) is 34.2 Å². The Kier molecular flexibility index (Phi) is 4.86. The summed E-state index contributed by atoms with van der Waals surface area (Å²) in [4.78, 5) is 14.1. The predicted molar refractivity (Wildman–Crippen MR) is 142 cm³/mol. The van der Waals surface area contributed by atoms with Gasteiger partial charge in [0, 0.05) is 0 Å². The molecule has 1 atom stereocenters. The van der Waals surface area contributed by atoms with Crippen LogP contribution in [0.25, 0.3) is 22.4 Å². The number of benzene rings is 2. The lowest BCUT2D eigenvalue weighted by Crippen LogP contribution is -2.15. The molecule has 0 spiro atoms. The van der Waals surface area contributed by atoms with Gasteiger partial charge in [0.05, 0.1) is 40.4 Å². The summed E-state index contributed by atoms with van der Waals surface area (Å²) in [7, 11) is 0. The van der Waals surface area contributed by atoms with E-state index in [1.54, 1.807) is 17.1 Å². The van der Waals surface area contributed by atoms with Gasteiger partial charge in [-0.3, -0.25) is 0 Å². The molecule has 1 unspecified atom stereocenters. The van der Waals surface area contributed by atoms with Gasteiger partial charge >= 0.3 is 0 Å². The molecular weight excluding hydrogens is 514 g/mol. The number of nitrogens with zero attached hydrogens (tertiary/aromatic N) is 7. The number of furan rings is 1. The highest BCUT2D eigenvalue weighted by Gasteiger charge is 2.39. The molecule has 7 aromatic rings. The van der Waals surface area contributed by atoms with Crippen molar-refractivity contribution in [1.29, 1.82) is 0 Å². The number of ether oxygens (including phenoxy) is 1. The van der Waals surface area contributed by atoms with Gasteiger partial charge < -0.3 is 13.6 Å². The van der Waals surface area contributed by atoms with Gasteiger partial charge in [-0.2, -0.15) is 5.10 Å². The lowest BCUT2D eigenvalue weighted by atomic mass is 9.88. The fourth-order valence-electron chi connectivity index (χ4n) is 5.01. The van der Waals surface area contributed by atoms with Gasteiger partial charge in [0.15, 0.2) is 17.1 Å². The van der Waals surface area contributed by atoms with E-state index in [-0.39, 0.29) is 5.92 Å². The van der Waals surface area contributed by atoms with E-state index in [9.17, 15) is 0 Å². The molecule has 11 heteroatoms. The molecule has 2 aromatic carbocycles. The first kappa shape index (κ1) is 22.1. The highest BCUT2D eigenvalue weighted by atomic mass is 32.2. The van der Waals surface area contributed by atoms with E-state index in [4.69, 9.17) is 23.7 Å². The zero-order chi connectivity index (χ0) is 25.9. The third kappa shape index (κ3) is 3.54. The molecule has 0 bridgehead atoms. The van der Waals surface area contributed by atoms with Gasteiger partial charge in [-0.15, -0.1) is 5.10 Å². The van der Waals surface area contributed by atoms with Crippen LogP contribution in [0.2, 0.25) is 0 Å². The number of para-hydroxylation sites is 3. The molecular formula is C28H19N7O3S. The Balaban J connectivity index is 1.22. The highest BCUT2D eigenvalue weighted by molar-refractivity contribution is 7.98. The number of hydrogen-bond donors (Lipinski definition) is 0. The van der Waals surface area contributed by atoms with Crippen molar-refractivity contribution >= 4 is 28.5 Å². The third-order valence-corrected chi connectivity index (χ3v) is 7.52. The Morgan fingerprint density at radius 1 is 0.923 bits per heavy atom. The number of fused-ring (bicyclic) bond motifs is 5. The number of aromatic nitrogens is 7. The molecule has 5 aromatic heterocycles. The van der Waals surface area contributed by atoms with Crippen molar-refractivity contribution in [3.63, 3.8) is 0 Å². The fraction of sp³-hybridized carbons (Fsp3) is 0.107. The largest absolute Gasteiger partial charge is 0.468 e. The Labute approximate surface area is 225 Å². The maximum atomic E-state index is 6.43. The first-order valence-electron chi connectivity index (χ1n) is 12.3. The second-order valence-electron chi connectivity index (χ2n) is 9.10. The minimum Gasteiger partial charge on any atom is -0.468 e. The maximum absolute atomic E-state index is 6.43. The summed E-state index contributed by atoms with van der Waals surface area (Å²) in [6.07, 6.45) is 3.29. The molecule has 0 aliphatic carbocycles. The van der Waals surface area contributed by atoms with Crippen LogP contribution < -0.4 is 4.74 Å². The van der Waals surface area contributed by atoms with Crippen molar-refractivity contribution in [3.05, 3.63) is 108 Å². The number of hydrogen-bond acceptors (Lipinski definition) is 9. The van der Waals surface area contributed by atoms with E-state index in [0.717, 1.165) is 39.4 Å². The molecule has 0 N–H and O–H groups in total. The monoisotopic (exact) mass is 533 g/mol. The van der Waals surface area contributed by atoms with Crippen LogP contribution in [-0.4, -0.2) is 34.3 Å². The van der Waals surface area contributed by atoms with E-state index >= 15 is 0 Å². The van der Waals surface area contributed by atoms with Crippen LogP contribution >= 0.6 is 11.8 Å². The fourth-order valence-corrected chi connectivity index (χ4v) is 5.69. The minimum absolute atomic E-state index is 0.325. The van der Waals surface area contributed by atoms with Crippen LogP contribution in [0.5, 0.6) is 11.8 Å². The van der Waals surface area contributed by atoms with Gasteiger partial charge in [-0.25, -0.2) is 24.1 Å². The zero-order valence-corrected chi connectivity index (χ0v) is 21.4. The maximum Gasteiger partial charge on any atom is 0.257 e. The van der Waals surface area contributed by atoms with Crippen LogP contribution in [0.4, 0.5) is 0 Å². The van der Waals surface area contributed by atoms with Crippen LogP contribution in [0.1, 0.15) is 34.3 Å². The first-order chi connectivity index (χ1) is 19.2. The quantitative estimate of drug-likeness (QED) is 0.249. The number of aryl methyl sites for hydroxylation is 1. The average molecular weight is 534 g/mol. The molecule has 0 radical (unpaired) electrons. The van der Waals surface area contributed by atoms with Crippen LogP contribution in [-0.2, 0) is 5.75 Å². The van der Waals surface area contributed by atoms with Gasteiger partial charge in [0.2, 0.25) is 11.8 Å². The Morgan fingerprint density at radius 2 is 1.79 bits per heavy atom. The smallest absolute Gasteiger partial charge is 0.257 e. The van der Waals surface area contributed by atoms with Gasteiger partial charge in [0.1, 0.15) is 17.6 Å². The molecule has 1 aliphatic rings. The lowest BCUT2D eigenvalue weighted by Gasteiger charge is -2.24. The minimum atomic E-state index is -0.325. The molecule has 39 heavy (non-hydrogen) atoms. The van der Waals surface area contributed by atoms with Crippen molar-refractivity contribution in [1.82, 2.24) is 34.3 Å². The summed E-state index contributed by atoms with van der Waals surface area (Å²) in [5.74, 6) is 2.57. The summed E-state index contributed by atoms with van der Waals surface area (Å²) in [5.41, 5.74) is 5.62. The molecule has 0 fully saturated rings. The zero-order valence-electron chi connectivity index (χ0n) is 20.6. The van der Waals surface area contributed by atoms with Crippen LogP contribution in [0.3, 0.4) is 0 Å². The van der Waals surface area contributed by atoms with E-state index in [1.807, 2.05) is 78.3 Å². The Bertz CT molecular complexity index is 1940. The van der Waals surface area contributed by atoms with Crippen molar-refractivity contribution in [2.75, 3.05) is 0 Å². The Morgan fingerprint density at radius 3 is 2.64 bits per heavy atom. The lowest BCUT2D eigenvalue weighted by molar-refractivity contribution is 0.392. The summed E-state index contributed by atoms with van der Waals surface area (Å²) in [6.45, 7) is 1.97. The van der Waals surface area contributed by atoms with Gasteiger partial charge in [-0.05, 0) is 43.3 Å². The van der Waals surface area contributed by atoms with E-state index in [2.05, 4.69) is 15.1 Å². The first-order valence-corrected chi connectivity index (χ1v) is 13.3. The van der Waals surface area contributed by atoms with Crippen molar-refractivity contribution < 1.29 is 13.6 Å². The molecule has 0 amide bonds. The summed E-state index contributed by atoms with van der Waals surface area (Å²) < 4.78 is 21.7. The third-order valence-electron chi connectivity index (χ3n) is 6.69. The van der Waals surface area contributed by atoms with Crippen molar-refractivity contribution in [2.24, 2.45) is 0 Å². The van der Waals surface area contributed by atoms with Crippen LogP contribution in [0, 0.1) is 6.92 Å². The molecule has 8 rings (SSSR count). The predicted octanol–water partition coefficient (Wildman–Crippen LogP) is 5.93. The van der Waals surface area contributed by atoms with Crippen molar-refractivity contribution in [3.8, 4) is 17.4 Å². The highest BCUT2D eigenvalue weighted by Crippen LogP contribution is 2.49. The molecule has 1 aliphatic heterocycles. The molecule has 6 heterocycles. The number of rotatable bonds is 5. The summed E-state index contributed by atoms with van der Waals surface area (Å²) in [5, 5.41) is 10.1. The normalized spacial score (nSPS) is 14.4. The van der Waals surface area contributed by atoms with Gasteiger partial charge in [0.25, 0.3) is 5.22 Å². The standard InChI is InChI=1S/C28H19N7O3S/c1-16-22-23(20-12-7-13-36-20)24-25-31-21(14-39-28-30-18-10-5-6-11-19(18)37-28)33-34(25)15-29-26(24)38-27(22)35(32-16)17-8-3-2-4-9-17/h2-13,15,23H,14H2,1H3. The molecule has 0 saturated carbocycles. The second kappa shape index (κ2) is 8.57. The second-order valence-corrected chi connectivity index (χ2v) is 10.0. The number of thioether (sulfide) groups is 1. The van der Waals surface area contributed by atoms with Crippen LogP contribution in [0.15, 0.2) is 93.4 Å². The van der Waals surface area contributed by atoms with Gasteiger partial charge in [-0.1, -0.05) is 42.1 Å².